The molecule has 1 aromatic carbocycles. The van der Waals surface area contributed by atoms with E-state index in [2.05, 4.69) is 18.3 Å². The van der Waals surface area contributed by atoms with E-state index in [1.165, 1.54) is 0 Å². The van der Waals surface area contributed by atoms with Crippen molar-refractivity contribution in [2.24, 2.45) is 0 Å². The molecule has 1 N–H and O–H groups in total. The number of nitrogens with zero attached hydrogens (tertiary/aromatic N) is 1. The van der Waals surface area contributed by atoms with Crippen molar-refractivity contribution in [3.63, 3.8) is 0 Å². The Morgan fingerprint density at radius 3 is 2.21 bits per heavy atom. The van der Waals surface area contributed by atoms with Crippen molar-refractivity contribution in [3.8, 4) is 17.6 Å². The van der Waals surface area contributed by atoms with Crippen LogP contribution in [-0.4, -0.2) is 25.3 Å². The minimum absolute atomic E-state index is 0.312. The van der Waals surface area contributed by atoms with Crippen molar-refractivity contribution in [2.75, 3.05) is 19.8 Å². The second-order valence-corrected chi connectivity index (χ2v) is 4.58. The van der Waals surface area contributed by atoms with E-state index in [0.29, 0.717) is 13.2 Å². The zero-order valence-electron chi connectivity index (χ0n) is 11.9. The van der Waals surface area contributed by atoms with Crippen molar-refractivity contribution >= 4 is 0 Å². The fourth-order valence-electron chi connectivity index (χ4n) is 1.59. The summed E-state index contributed by atoms with van der Waals surface area (Å²) >= 11 is 0. The Kier molecular flexibility index (Phi) is 6.17. The minimum atomic E-state index is -0.661. The molecule has 4 nitrogen and oxygen atoms in total. The van der Waals surface area contributed by atoms with E-state index in [4.69, 9.17) is 14.7 Å². The van der Waals surface area contributed by atoms with Crippen LogP contribution >= 0.6 is 0 Å². The first kappa shape index (κ1) is 15.3. The summed E-state index contributed by atoms with van der Waals surface area (Å²) in [4.78, 5) is 0. The lowest BCUT2D eigenvalue weighted by atomic mass is 10.1. The van der Waals surface area contributed by atoms with Crippen LogP contribution in [0.5, 0.6) is 11.5 Å². The zero-order chi connectivity index (χ0) is 14.1. The molecule has 0 spiro atoms. The van der Waals surface area contributed by atoms with Crippen molar-refractivity contribution in [3.05, 3.63) is 24.3 Å². The van der Waals surface area contributed by atoms with E-state index in [0.717, 1.165) is 24.5 Å². The molecular weight excluding hydrogens is 240 g/mol. The van der Waals surface area contributed by atoms with Gasteiger partial charge in [0.1, 0.15) is 23.6 Å². The normalized spacial score (nSPS) is 13.4. The largest absolute Gasteiger partial charge is 0.494 e. The highest BCUT2D eigenvalue weighted by Crippen LogP contribution is 2.18. The van der Waals surface area contributed by atoms with Crippen molar-refractivity contribution < 1.29 is 9.47 Å². The lowest BCUT2D eigenvalue weighted by Crippen LogP contribution is -2.46. The maximum absolute atomic E-state index is 9.12. The minimum Gasteiger partial charge on any atom is -0.494 e. The van der Waals surface area contributed by atoms with Gasteiger partial charge in [-0.3, -0.25) is 5.32 Å². The first-order chi connectivity index (χ1) is 9.13. The third-order valence-electron chi connectivity index (χ3n) is 2.64. The molecule has 19 heavy (non-hydrogen) atoms. The molecule has 1 aromatic rings. The van der Waals surface area contributed by atoms with E-state index >= 15 is 0 Å². The first-order valence-corrected chi connectivity index (χ1v) is 6.65. The number of ether oxygens (including phenoxy) is 2. The highest BCUT2D eigenvalue weighted by molar-refractivity contribution is 5.31. The third kappa shape index (κ3) is 5.19. The highest BCUT2D eigenvalue weighted by atomic mass is 16.5. The Bertz CT molecular complexity index is 411. The molecule has 0 aliphatic heterocycles. The topological polar surface area (TPSA) is 54.3 Å². The second-order valence-electron chi connectivity index (χ2n) is 4.58. The number of nitriles is 1. The summed E-state index contributed by atoms with van der Waals surface area (Å²) in [7, 11) is 0. The molecule has 1 atom stereocenters. The van der Waals surface area contributed by atoms with E-state index < -0.39 is 5.54 Å². The van der Waals surface area contributed by atoms with Crippen LogP contribution in [-0.2, 0) is 0 Å². The maximum Gasteiger partial charge on any atom is 0.138 e. The van der Waals surface area contributed by atoms with Gasteiger partial charge in [-0.1, -0.05) is 13.8 Å². The average molecular weight is 262 g/mol. The molecule has 1 unspecified atom stereocenters. The van der Waals surface area contributed by atoms with Gasteiger partial charge in [-0.2, -0.15) is 5.26 Å². The third-order valence-corrected chi connectivity index (χ3v) is 2.64. The summed E-state index contributed by atoms with van der Waals surface area (Å²) in [6.45, 7) is 7.63. The Balaban J connectivity index is 2.51. The number of benzene rings is 1. The molecule has 1 rings (SSSR count). The van der Waals surface area contributed by atoms with Gasteiger partial charge in [0, 0.05) is 0 Å². The Hall–Kier alpha value is -1.73. The van der Waals surface area contributed by atoms with Gasteiger partial charge in [-0.25, -0.2) is 0 Å². The summed E-state index contributed by atoms with van der Waals surface area (Å²) < 4.78 is 11.1. The molecule has 0 radical (unpaired) electrons. The van der Waals surface area contributed by atoms with E-state index in [1.54, 1.807) is 0 Å². The van der Waals surface area contributed by atoms with Gasteiger partial charge in [-0.15, -0.1) is 0 Å². The van der Waals surface area contributed by atoms with Gasteiger partial charge in [0.25, 0.3) is 0 Å². The molecular formula is C15H22N2O2. The summed E-state index contributed by atoms with van der Waals surface area (Å²) in [5.41, 5.74) is -0.661. The molecule has 0 saturated carbocycles. The quantitative estimate of drug-likeness (QED) is 0.782. The molecule has 0 saturated heterocycles. The monoisotopic (exact) mass is 262 g/mol. The molecule has 0 aromatic heterocycles. The molecule has 4 heteroatoms. The predicted octanol–water partition coefficient (Wildman–Crippen LogP) is 2.75. The molecule has 0 fully saturated rings. The van der Waals surface area contributed by atoms with Crippen LogP contribution in [0.1, 0.15) is 27.2 Å². The molecule has 0 heterocycles. The van der Waals surface area contributed by atoms with Crippen LogP contribution < -0.4 is 14.8 Å². The average Bonchev–Trinajstić information content (AvgIpc) is 2.44. The zero-order valence-corrected chi connectivity index (χ0v) is 11.9. The fourth-order valence-corrected chi connectivity index (χ4v) is 1.59. The standard InChI is InChI=1S/C15H22N2O2/c1-4-10-18-13-6-8-14(9-7-13)19-12-15(3,11-16)17-5-2/h6-9,17H,4-5,10,12H2,1-3H3. The van der Waals surface area contributed by atoms with E-state index in [-0.39, 0.29) is 0 Å². The number of hydrogen-bond donors (Lipinski definition) is 1. The van der Waals surface area contributed by atoms with E-state index in [9.17, 15) is 0 Å². The van der Waals surface area contributed by atoms with Crippen molar-refractivity contribution in [2.45, 2.75) is 32.7 Å². The van der Waals surface area contributed by atoms with Crippen molar-refractivity contribution in [1.82, 2.24) is 5.32 Å². The van der Waals surface area contributed by atoms with Crippen LogP contribution in [0.4, 0.5) is 0 Å². The van der Waals surface area contributed by atoms with E-state index in [1.807, 2.05) is 38.1 Å². The molecule has 104 valence electrons. The lowest BCUT2D eigenvalue weighted by Gasteiger charge is -2.22. The Morgan fingerprint density at radius 1 is 1.16 bits per heavy atom. The second kappa shape index (κ2) is 7.65. The lowest BCUT2D eigenvalue weighted by molar-refractivity contribution is 0.236. The van der Waals surface area contributed by atoms with Crippen LogP contribution in [0.25, 0.3) is 0 Å². The molecule has 0 aliphatic rings. The van der Waals surface area contributed by atoms with Gasteiger partial charge < -0.3 is 9.47 Å². The van der Waals surface area contributed by atoms with Gasteiger partial charge >= 0.3 is 0 Å². The summed E-state index contributed by atoms with van der Waals surface area (Å²) in [6.07, 6.45) is 0.988. The molecule has 0 bridgehead atoms. The molecule has 0 aliphatic carbocycles. The Labute approximate surface area is 115 Å². The number of likely N-dealkylation sites (N-methyl/N-ethyl adjacent to an activating group) is 1. The maximum atomic E-state index is 9.12. The van der Waals surface area contributed by atoms with Crippen LogP contribution in [0, 0.1) is 11.3 Å². The first-order valence-electron chi connectivity index (χ1n) is 6.65. The van der Waals surface area contributed by atoms with Crippen LogP contribution in [0.2, 0.25) is 0 Å². The predicted molar refractivity (Wildman–Crippen MR) is 75.4 cm³/mol. The number of rotatable bonds is 8. The van der Waals surface area contributed by atoms with Gasteiger partial charge in [0.2, 0.25) is 0 Å². The highest BCUT2D eigenvalue weighted by Gasteiger charge is 2.23. The molecule has 0 amide bonds. The van der Waals surface area contributed by atoms with Crippen LogP contribution in [0.3, 0.4) is 0 Å². The van der Waals surface area contributed by atoms with Gasteiger partial charge in [0.15, 0.2) is 0 Å². The summed E-state index contributed by atoms with van der Waals surface area (Å²) in [5, 5.41) is 12.2. The van der Waals surface area contributed by atoms with Crippen molar-refractivity contribution in [1.29, 1.82) is 5.26 Å². The number of nitrogens with one attached hydrogen (secondary N) is 1. The van der Waals surface area contributed by atoms with Gasteiger partial charge in [0.05, 0.1) is 12.7 Å². The summed E-state index contributed by atoms with van der Waals surface area (Å²) in [5.74, 6) is 1.58. The van der Waals surface area contributed by atoms with Crippen LogP contribution in [0.15, 0.2) is 24.3 Å². The SMILES string of the molecule is CCCOc1ccc(OCC(C)(C#N)NCC)cc1. The fraction of sp³-hybridized carbons (Fsp3) is 0.533. The smallest absolute Gasteiger partial charge is 0.138 e. The Morgan fingerprint density at radius 2 is 1.74 bits per heavy atom. The van der Waals surface area contributed by atoms with Gasteiger partial charge in [-0.05, 0) is 44.2 Å². The number of hydrogen-bond acceptors (Lipinski definition) is 4. The summed E-state index contributed by atoms with van der Waals surface area (Å²) in [6, 6.07) is 9.69.